The molecule has 0 unspecified atom stereocenters. The summed E-state index contributed by atoms with van der Waals surface area (Å²) in [5.41, 5.74) is 3.37. The molecule has 174 valence electrons. The second-order valence-electron chi connectivity index (χ2n) is 10.6. The molecule has 0 aromatic heterocycles. The van der Waals surface area contributed by atoms with Crippen LogP contribution in [0.15, 0.2) is 48.5 Å². The van der Waals surface area contributed by atoms with Crippen LogP contribution >= 0.6 is 11.6 Å². The second kappa shape index (κ2) is 8.79. The van der Waals surface area contributed by atoms with Crippen molar-refractivity contribution in [1.82, 2.24) is 9.80 Å². The van der Waals surface area contributed by atoms with Crippen LogP contribution in [-0.4, -0.2) is 41.2 Å². The van der Waals surface area contributed by atoms with Gasteiger partial charge in [-0.2, -0.15) is 0 Å². The number of carbonyl (C=O) groups is 2. The van der Waals surface area contributed by atoms with Crippen molar-refractivity contribution in [3.8, 4) is 0 Å². The van der Waals surface area contributed by atoms with E-state index in [1.54, 1.807) is 0 Å². The molecule has 33 heavy (non-hydrogen) atoms. The summed E-state index contributed by atoms with van der Waals surface area (Å²) >= 11 is 6.02. The molecule has 0 N–H and O–H groups in total. The van der Waals surface area contributed by atoms with Crippen molar-refractivity contribution in [2.24, 2.45) is 17.3 Å². The lowest BCUT2D eigenvalue weighted by atomic mass is 9.72. The quantitative estimate of drug-likeness (QED) is 0.616. The fraction of sp³-hybridized carbons (Fsp3) is 0.500. The molecule has 2 heterocycles. The van der Waals surface area contributed by atoms with Crippen LogP contribution in [0.3, 0.4) is 0 Å². The number of hydrogen-bond donors (Lipinski definition) is 0. The van der Waals surface area contributed by atoms with Crippen LogP contribution in [0.1, 0.15) is 55.7 Å². The van der Waals surface area contributed by atoms with E-state index < -0.39 is 5.41 Å². The Bertz CT molecular complexity index is 1040. The van der Waals surface area contributed by atoms with Gasteiger partial charge in [0, 0.05) is 37.1 Å². The molecule has 2 amide bonds. The Labute approximate surface area is 201 Å². The van der Waals surface area contributed by atoms with Crippen molar-refractivity contribution in [1.29, 1.82) is 0 Å². The molecule has 2 aromatic carbocycles. The number of amides is 2. The first-order valence-electron chi connectivity index (χ1n) is 12.3. The van der Waals surface area contributed by atoms with Crippen LogP contribution in [0.4, 0.5) is 0 Å². The van der Waals surface area contributed by atoms with E-state index >= 15 is 0 Å². The maximum Gasteiger partial charge on any atom is 0.229 e. The number of hydrogen-bond acceptors (Lipinski definition) is 2. The first-order chi connectivity index (χ1) is 15.9. The lowest BCUT2D eigenvalue weighted by Gasteiger charge is -2.42. The van der Waals surface area contributed by atoms with Gasteiger partial charge >= 0.3 is 0 Å². The minimum atomic E-state index is -0.391. The van der Waals surface area contributed by atoms with Gasteiger partial charge in [-0.15, -0.1) is 0 Å². The Kier molecular flexibility index (Phi) is 5.98. The van der Waals surface area contributed by atoms with Crippen LogP contribution in [0.5, 0.6) is 0 Å². The van der Waals surface area contributed by atoms with Gasteiger partial charge in [-0.25, -0.2) is 0 Å². The number of halogens is 1. The third-order valence-corrected chi connectivity index (χ3v) is 8.02. The lowest BCUT2D eigenvalue weighted by molar-refractivity contribution is -0.149. The van der Waals surface area contributed by atoms with Gasteiger partial charge in [0.2, 0.25) is 11.8 Å². The van der Waals surface area contributed by atoms with E-state index in [1.807, 2.05) is 29.2 Å². The van der Waals surface area contributed by atoms with Crippen molar-refractivity contribution >= 4 is 23.4 Å². The summed E-state index contributed by atoms with van der Waals surface area (Å²) in [6, 6.07) is 16.4. The predicted molar refractivity (Wildman–Crippen MR) is 131 cm³/mol. The van der Waals surface area contributed by atoms with Crippen molar-refractivity contribution < 1.29 is 9.59 Å². The van der Waals surface area contributed by atoms with Crippen LogP contribution in [0, 0.1) is 17.3 Å². The van der Waals surface area contributed by atoms with Crippen molar-refractivity contribution in [2.75, 3.05) is 19.6 Å². The highest BCUT2D eigenvalue weighted by Gasteiger charge is 2.50. The molecule has 1 aliphatic carbocycles. The molecular weight excluding hydrogens is 432 g/mol. The third kappa shape index (κ3) is 4.42. The topological polar surface area (TPSA) is 40.6 Å². The molecule has 2 aromatic rings. The molecule has 1 saturated heterocycles. The Hall–Kier alpha value is -2.33. The Morgan fingerprint density at radius 2 is 1.73 bits per heavy atom. The van der Waals surface area contributed by atoms with Crippen molar-refractivity contribution in [3.63, 3.8) is 0 Å². The number of rotatable bonds is 4. The zero-order valence-electron chi connectivity index (χ0n) is 19.6. The highest BCUT2D eigenvalue weighted by atomic mass is 35.5. The number of carbonyl (C=O) groups excluding carboxylic acids is 2. The van der Waals surface area contributed by atoms with Crippen molar-refractivity contribution in [3.05, 3.63) is 70.2 Å². The number of benzene rings is 2. The molecule has 5 rings (SSSR count). The van der Waals surface area contributed by atoms with Gasteiger partial charge in [0.25, 0.3) is 0 Å². The maximum absolute atomic E-state index is 13.8. The summed E-state index contributed by atoms with van der Waals surface area (Å²) in [7, 11) is 0. The smallest absolute Gasteiger partial charge is 0.229 e. The van der Waals surface area contributed by atoms with E-state index in [0.29, 0.717) is 31.5 Å². The summed E-state index contributed by atoms with van der Waals surface area (Å²) < 4.78 is 0. The number of likely N-dealkylation sites (tertiary alicyclic amines) is 1. The van der Waals surface area contributed by atoms with Crippen molar-refractivity contribution in [2.45, 2.75) is 52.0 Å². The number of piperidine rings is 1. The fourth-order valence-corrected chi connectivity index (χ4v) is 5.98. The normalized spacial score (nSPS) is 24.1. The molecule has 4 nitrogen and oxygen atoms in total. The van der Waals surface area contributed by atoms with E-state index in [1.165, 1.54) is 16.7 Å². The SMILES string of the molecule is CC(C)CN1Cc2ccccc2CC2(CCN(C(=O)[C@H]3C[C@H]3c3ccc(Cl)cc3)CC2)C1=O. The number of nitrogens with zero attached hydrogens (tertiary/aromatic N) is 2. The van der Waals surface area contributed by atoms with Gasteiger partial charge in [0.05, 0.1) is 5.41 Å². The summed E-state index contributed by atoms with van der Waals surface area (Å²) in [5, 5.41) is 0.727. The minimum Gasteiger partial charge on any atom is -0.342 e. The second-order valence-corrected chi connectivity index (χ2v) is 11.1. The van der Waals surface area contributed by atoms with Gasteiger partial charge in [0.1, 0.15) is 0 Å². The van der Waals surface area contributed by atoms with E-state index in [4.69, 9.17) is 11.6 Å². The molecule has 0 radical (unpaired) electrons. The van der Waals surface area contributed by atoms with Crippen LogP contribution in [0.25, 0.3) is 0 Å². The van der Waals surface area contributed by atoms with Crippen LogP contribution < -0.4 is 0 Å². The summed E-state index contributed by atoms with van der Waals surface area (Å²) in [6.45, 7) is 7.17. The van der Waals surface area contributed by atoms with Gasteiger partial charge in [0.15, 0.2) is 0 Å². The molecule has 2 fully saturated rings. The first kappa shape index (κ1) is 22.5. The number of fused-ring (bicyclic) bond motifs is 1. The summed E-state index contributed by atoms with van der Waals surface area (Å²) in [4.78, 5) is 31.2. The van der Waals surface area contributed by atoms with Crippen LogP contribution in [-0.2, 0) is 22.6 Å². The molecule has 1 spiro atoms. The highest BCUT2D eigenvalue weighted by molar-refractivity contribution is 6.30. The summed E-state index contributed by atoms with van der Waals surface area (Å²) in [5.74, 6) is 1.34. The molecule has 1 saturated carbocycles. The Balaban J connectivity index is 1.29. The van der Waals surface area contributed by atoms with E-state index in [2.05, 4.69) is 43.0 Å². The average molecular weight is 465 g/mol. The van der Waals surface area contributed by atoms with E-state index in [9.17, 15) is 9.59 Å². The standard InChI is InChI=1S/C28H33ClN2O2/c1-19(2)17-31-18-22-6-4-3-5-21(22)16-28(27(31)33)11-13-30(14-12-28)26(32)25-15-24(25)20-7-9-23(29)10-8-20/h3-10,19,24-25H,11-18H2,1-2H3/t24-,25-/m0/s1. The zero-order valence-corrected chi connectivity index (χ0v) is 20.4. The first-order valence-corrected chi connectivity index (χ1v) is 12.6. The van der Waals surface area contributed by atoms with Gasteiger partial charge in [-0.1, -0.05) is 61.8 Å². The predicted octanol–water partition coefficient (Wildman–Crippen LogP) is 5.29. The zero-order chi connectivity index (χ0) is 23.2. The summed E-state index contributed by atoms with van der Waals surface area (Å²) in [6.07, 6.45) is 3.20. The average Bonchev–Trinajstić information content (AvgIpc) is 3.61. The molecule has 2 aliphatic heterocycles. The fourth-order valence-electron chi connectivity index (χ4n) is 5.85. The largest absolute Gasteiger partial charge is 0.342 e. The molecule has 3 aliphatic rings. The maximum atomic E-state index is 13.8. The highest BCUT2D eigenvalue weighted by Crippen LogP contribution is 2.49. The molecule has 2 atom stereocenters. The molecule has 5 heteroatoms. The Morgan fingerprint density at radius 1 is 1.06 bits per heavy atom. The van der Waals surface area contributed by atoms with E-state index in [0.717, 1.165) is 37.3 Å². The lowest BCUT2D eigenvalue weighted by Crippen LogP contribution is -2.52. The Morgan fingerprint density at radius 3 is 2.39 bits per heavy atom. The molecule has 0 bridgehead atoms. The molecular formula is C28H33ClN2O2. The van der Waals surface area contributed by atoms with Gasteiger partial charge in [-0.05, 0) is 66.3 Å². The van der Waals surface area contributed by atoms with E-state index in [-0.39, 0.29) is 17.7 Å². The van der Waals surface area contributed by atoms with Gasteiger partial charge in [-0.3, -0.25) is 9.59 Å². The third-order valence-electron chi connectivity index (χ3n) is 7.77. The van der Waals surface area contributed by atoms with Gasteiger partial charge < -0.3 is 9.80 Å². The monoisotopic (exact) mass is 464 g/mol. The van der Waals surface area contributed by atoms with Crippen LogP contribution in [0.2, 0.25) is 5.02 Å². The minimum absolute atomic E-state index is 0.0724.